The molecule has 2 rings (SSSR count). The standard InChI is InChI=1S/C15H27N5O/c1-4-16-13-17-14(20(5-2)6-3)19-15(18-13)21-11-10-12-8-7-9-12/h12H,4-11H2,1-3H3,(H,16,17,18,19). The molecule has 21 heavy (non-hydrogen) atoms. The summed E-state index contributed by atoms with van der Waals surface area (Å²) in [5.74, 6) is 2.11. The van der Waals surface area contributed by atoms with Gasteiger partial charge in [0.2, 0.25) is 11.9 Å². The fraction of sp³-hybridized carbons (Fsp3) is 0.800. The van der Waals surface area contributed by atoms with Crippen molar-refractivity contribution in [1.29, 1.82) is 0 Å². The van der Waals surface area contributed by atoms with Crippen molar-refractivity contribution in [2.24, 2.45) is 5.92 Å². The zero-order valence-electron chi connectivity index (χ0n) is 13.4. The Hall–Kier alpha value is -1.59. The molecule has 0 saturated heterocycles. The maximum absolute atomic E-state index is 5.75. The molecule has 6 heteroatoms. The summed E-state index contributed by atoms with van der Waals surface area (Å²) < 4.78 is 5.75. The third-order valence-corrected chi connectivity index (χ3v) is 3.97. The van der Waals surface area contributed by atoms with Crippen LogP contribution >= 0.6 is 0 Å². The van der Waals surface area contributed by atoms with Gasteiger partial charge in [-0.1, -0.05) is 19.3 Å². The van der Waals surface area contributed by atoms with Crippen molar-refractivity contribution in [3.8, 4) is 6.01 Å². The fourth-order valence-electron chi connectivity index (χ4n) is 2.39. The monoisotopic (exact) mass is 293 g/mol. The molecule has 1 aliphatic carbocycles. The molecular formula is C15H27N5O. The molecule has 0 bridgehead atoms. The molecule has 1 aromatic heterocycles. The highest BCUT2D eigenvalue weighted by Crippen LogP contribution is 2.29. The van der Waals surface area contributed by atoms with Gasteiger partial charge in [-0.05, 0) is 33.1 Å². The Morgan fingerprint density at radius 2 is 1.90 bits per heavy atom. The number of hydrogen-bond donors (Lipinski definition) is 1. The van der Waals surface area contributed by atoms with E-state index in [9.17, 15) is 0 Å². The van der Waals surface area contributed by atoms with Crippen LogP contribution in [0.4, 0.5) is 11.9 Å². The predicted octanol–water partition coefficient (Wildman–Crippen LogP) is 2.72. The van der Waals surface area contributed by atoms with E-state index in [1.54, 1.807) is 0 Å². The Morgan fingerprint density at radius 3 is 2.48 bits per heavy atom. The molecule has 1 N–H and O–H groups in total. The molecule has 0 aromatic carbocycles. The zero-order chi connectivity index (χ0) is 15.1. The van der Waals surface area contributed by atoms with E-state index in [2.05, 4.69) is 39.0 Å². The Morgan fingerprint density at radius 1 is 1.14 bits per heavy atom. The molecule has 0 radical (unpaired) electrons. The predicted molar refractivity (Wildman–Crippen MR) is 85.0 cm³/mol. The molecule has 1 heterocycles. The van der Waals surface area contributed by atoms with E-state index in [1.807, 2.05) is 6.92 Å². The first kappa shape index (κ1) is 15.8. The molecule has 6 nitrogen and oxygen atoms in total. The van der Waals surface area contributed by atoms with Gasteiger partial charge >= 0.3 is 6.01 Å². The van der Waals surface area contributed by atoms with Crippen molar-refractivity contribution in [1.82, 2.24) is 15.0 Å². The summed E-state index contributed by atoms with van der Waals surface area (Å²) >= 11 is 0. The minimum Gasteiger partial charge on any atom is -0.463 e. The molecule has 0 aliphatic heterocycles. The van der Waals surface area contributed by atoms with Crippen LogP contribution in [0.5, 0.6) is 6.01 Å². The number of ether oxygens (including phenoxy) is 1. The first-order valence-corrected chi connectivity index (χ1v) is 8.14. The first-order chi connectivity index (χ1) is 10.3. The SMILES string of the molecule is CCNc1nc(OCCC2CCC2)nc(N(CC)CC)n1. The van der Waals surface area contributed by atoms with Gasteiger partial charge < -0.3 is 15.0 Å². The second-order valence-electron chi connectivity index (χ2n) is 5.38. The molecule has 1 saturated carbocycles. The van der Waals surface area contributed by atoms with E-state index >= 15 is 0 Å². The highest BCUT2D eigenvalue weighted by molar-refractivity contribution is 5.38. The van der Waals surface area contributed by atoms with E-state index in [0.717, 1.165) is 32.0 Å². The number of hydrogen-bond acceptors (Lipinski definition) is 6. The van der Waals surface area contributed by atoms with Crippen LogP contribution in [0, 0.1) is 5.92 Å². The lowest BCUT2D eigenvalue weighted by Gasteiger charge is -2.25. The average Bonchev–Trinajstić information content (AvgIpc) is 2.43. The fourth-order valence-corrected chi connectivity index (χ4v) is 2.39. The van der Waals surface area contributed by atoms with Gasteiger partial charge in [0.1, 0.15) is 0 Å². The molecule has 0 unspecified atom stereocenters. The topological polar surface area (TPSA) is 63.2 Å². The Balaban J connectivity index is 2.02. The van der Waals surface area contributed by atoms with Gasteiger partial charge in [0.15, 0.2) is 0 Å². The van der Waals surface area contributed by atoms with Gasteiger partial charge in [-0.3, -0.25) is 0 Å². The van der Waals surface area contributed by atoms with Gasteiger partial charge in [0.25, 0.3) is 0 Å². The van der Waals surface area contributed by atoms with Gasteiger partial charge in [0.05, 0.1) is 6.61 Å². The minimum absolute atomic E-state index is 0.433. The van der Waals surface area contributed by atoms with Gasteiger partial charge in [-0.15, -0.1) is 0 Å². The summed E-state index contributed by atoms with van der Waals surface area (Å²) in [6.45, 7) is 9.43. The summed E-state index contributed by atoms with van der Waals surface area (Å²) in [5.41, 5.74) is 0. The van der Waals surface area contributed by atoms with Crippen molar-refractivity contribution < 1.29 is 4.74 Å². The van der Waals surface area contributed by atoms with Crippen molar-refractivity contribution in [3.05, 3.63) is 0 Å². The Labute approximate surface area is 127 Å². The quantitative estimate of drug-likeness (QED) is 0.755. The van der Waals surface area contributed by atoms with Crippen molar-refractivity contribution in [2.45, 2.75) is 46.5 Å². The van der Waals surface area contributed by atoms with E-state index in [-0.39, 0.29) is 0 Å². The van der Waals surface area contributed by atoms with Crippen LogP contribution in [0.25, 0.3) is 0 Å². The third-order valence-electron chi connectivity index (χ3n) is 3.97. The van der Waals surface area contributed by atoms with Crippen LogP contribution < -0.4 is 15.0 Å². The van der Waals surface area contributed by atoms with Crippen LogP contribution in [-0.2, 0) is 0 Å². The van der Waals surface area contributed by atoms with Crippen LogP contribution in [-0.4, -0.2) is 41.2 Å². The van der Waals surface area contributed by atoms with Gasteiger partial charge in [-0.25, -0.2) is 0 Å². The summed E-state index contributed by atoms with van der Waals surface area (Å²) in [5, 5.41) is 3.14. The van der Waals surface area contributed by atoms with Crippen LogP contribution in [0.1, 0.15) is 46.5 Å². The summed E-state index contributed by atoms with van der Waals surface area (Å²) in [6.07, 6.45) is 5.15. The van der Waals surface area contributed by atoms with Gasteiger partial charge in [-0.2, -0.15) is 15.0 Å². The van der Waals surface area contributed by atoms with Crippen LogP contribution in [0.3, 0.4) is 0 Å². The number of nitrogens with zero attached hydrogens (tertiary/aromatic N) is 4. The highest BCUT2D eigenvalue weighted by atomic mass is 16.5. The summed E-state index contributed by atoms with van der Waals surface area (Å²) in [7, 11) is 0. The molecule has 1 fully saturated rings. The largest absolute Gasteiger partial charge is 0.463 e. The second kappa shape index (κ2) is 8.00. The van der Waals surface area contributed by atoms with Crippen LogP contribution in [0.15, 0.2) is 0 Å². The number of rotatable bonds is 9. The highest BCUT2D eigenvalue weighted by Gasteiger charge is 2.17. The summed E-state index contributed by atoms with van der Waals surface area (Å²) in [6, 6.07) is 0.433. The maximum atomic E-state index is 5.75. The smallest absolute Gasteiger partial charge is 0.323 e. The molecule has 1 aromatic rings. The third kappa shape index (κ3) is 4.44. The molecule has 1 aliphatic rings. The second-order valence-corrected chi connectivity index (χ2v) is 5.38. The van der Waals surface area contributed by atoms with E-state index < -0.39 is 0 Å². The summed E-state index contributed by atoms with van der Waals surface area (Å²) in [4.78, 5) is 15.3. The van der Waals surface area contributed by atoms with Crippen molar-refractivity contribution in [3.63, 3.8) is 0 Å². The van der Waals surface area contributed by atoms with Crippen LogP contribution in [0.2, 0.25) is 0 Å². The molecule has 0 amide bonds. The number of anilines is 2. The molecular weight excluding hydrogens is 266 g/mol. The normalized spacial score (nSPS) is 14.6. The zero-order valence-corrected chi connectivity index (χ0v) is 13.4. The molecule has 0 spiro atoms. The van der Waals surface area contributed by atoms with Gasteiger partial charge in [0, 0.05) is 19.6 Å². The Kier molecular flexibility index (Phi) is 6.02. The van der Waals surface area contributed by atoms with Crippen molar-refractivity contribution >= 4 is 11.9 Å². The number of aromatic nitrogens is 3. The average molecular weight is 293 g/mol. The lowest BCUT2D eigenvalue weighted by molar-refractivity contribution is 0.212. The van der Waals surface area contributed by atoms with E-state index in [0.29, 0.717) is 24.5 Å². The Bertz CT molecular complexity index is 432. The maximum Gasteiger partial charge on any atom is 0.323 e. The molecule has 0 atom stereocenters. The number of nitrogens with one attached hydrogen (secondary N) is 1. The molecule has 118 valence electrons. The first-order valence-electron chi connectivity index (χ1n) is 8.14. The minimum atomic E-state index is 0.433. The lowest BCUT2D eigenvalue weighted by Crippen LogP contribution is -2.25. The van der Waals surface area contributed by atoms with E-state index in [4.69, 9.17) is 4.74 Å². The van der Waals surface area contributed by atoms with E-state index in [1.165, 1.54) is 19.3 Å². The van der Waals surface area contributed by atoms with Crippen molar-refractivity contribution in [2.75, 3.05) is 36.5 Å². The lowest BCUT2D eigenvalue weighted by atomic mass is 9.83.